The summed E-state index contributed by atoms with van der Waals surface area (Å²) in [6, 6.07) is 5.38. The van der Waals surface area contributed by atoms with Gasteiger partial charge in [-0.3, -0.25) is 4.79 Å². The second kappa shape index (κ2) is 6.64. The third kappa shape index (κ3) is 3.24. The molecule has 0 saturated carbocycles. The Morgan fingerprint density at radius 3 is 2.95 bits per heavy atom. The van der Waals surface area contributed by atoms with Gasteiger partial charge in [0.1, 0.15) is 0 Å². The first-order chi connectivity index (χ1) is 9.63. The first-order valence-corrected chi connectivity index (χ1v) is 7.44. The lowest BCUT2D eigenvalue weighted by atomic mass is 10.0. The van der Waals surface area contributed by atoms with Crippen molar-refractivity contribution >= 4 is 11.6 Å². The SMILES string of the molecule is CCOc1c(N)cccc1C(=O)N1CCCC(C)CC1. The number of hydrogen-bond donors (Lipinski definition) is 1. The Hall–Kier alpha value is -1.71. The van der Waals surface area contributed by atoms with Crippen LogP contribution in [-0.4, -0.2) is 30.5 Å². The van der Waals surface area contributed by atoms with Crippen LogP contribution in [0, 0.1) is 5.92 Å². The zero-order valence-corrected chi connectivity index (χ0v) is 12.4. The van der Waals surface area contributed by atoms with Crippen molar-refractivity contribution in [1.29, 1.82) is 0 Å². The van der Waals surface area contributed by atoms with Crippen LogP contribution in [0.25, 0.3) is 0 Å². The van der Waals surface area contributed by atoms with Gasteiger partial charge in [-0.1, -0.05) is 13.0 Å². The smallest absolute Gasteiger partial charge is 0.257 e. The first kappa shape index (κ1) is 14.7. The van der Waals surface area contributed by atoms with Crippen LogP contribution < -0.4 is 10.5 Å². The van der Waals surface area contributed by atoms with E-state index in [0.29, 0.717) is 29.5 Å². The molecule has 4 nitrogen and oxygen atoms in total. The second-order valence-electron chi connectivity index (χ2n) is 5.49. The number of nitrogens with two attached hydrogens (primary N) is 1. The number of likely N-dealkylation sites (tertiary alicyclic amines) is 1. The number of carbonyl (C=O) groups excluding carboxylic acids is 1. The van der Waals surface area contributed by atoms with Gasteiger partial charge in [-0.05, 0) is 44.2 Å². The summed E-state index contributed by atoms with van der Waals surface area (Å²) < 4.78 is 5.56. The van der Waals surface area contributed by atoms with E-state index in [2.05, 4.69) is 6.92 Å². The summed E-state index contributed by atoms with van der Waals surface area (Å²) in [4.78, 5) is 14.6. The summed E-state index contributed by atoms with van der Waals surface area (Å²) in [7, 11) is 0. The van der Waals surface area contributed by atoms with Crippen molar-refractivity contribution in [2.24, 2.45) is 5.92 Å². The number of rotatable bonds is 3. The monoisotopic (exact) mass is 276 g/mol. The zero-order valence-electron chi connectivity index (χ0n) is 12.4. The molecule has 1 unspecified atom stereocenters. The minimum Gasteiger partial charge on any atom is -0.491 e. The lowest BCUT2D eigenvalue weighted by molar-refractivity contribution is 0.0756. The number of amides is 1. The number of nitrogens with zero attached hydrogens (tertiary/aromatic N) is 1. The normalized spacial score (nSPS) is 19.5. The summed E-state index contributed by atoms with van der Waals surface area (Å²) in [5.41, 5.74) is 7.05. The molecule has 1 aliphatic heterocycles. The lowest BCUT2D eigenvalue weighted by Crippen LogP contribution is -2.32. The second-order valence-corrected chi connectivity index (χ2v) is 5.49. The molecule has 1 fully saturated rings. The van der Waals surface area contributed by atoms with Crippen LogP contribution in [0.3, 0.4) is 0 Å². The van der Waals surface area contributed by atoms with Crippen LogP contribution in [0.5, 0.6) is 5.75 Å². The van der Waals surface area contributed by atoms with E-state index in [1.165, 1.54) is 6.42 Å². The maximum atomic E-state index is 12.7. The molecule has 1 atom stereocenters. The van der Waals surface area contributed by atoms with Crippen molar-refractivity contribution < 1.29 is 9.53 Å². The third-order valence-corrected chi connectivity index (χ3v) is 3.87. The van der Waals surface area contributed by atoms with E-state index in [1.807, 2.05) is 17.9 Å². The Bertz CT molecular complexity index is 474. The minimum absolute atomic E-state index is 0.0369. The molecule has 4 heteroatoms. The highest BCUT2D eigenvalue weighted by molar-refractivity contribution is 5.98. The zero-order chi connectivity index (χ0) is 14.5. The average Bonchev–Trinajstić information content (AvgIpc) is 2.65. The Labute approximate surface area is 120 Å². The Morgan fingerprint density at radius 2 is 2.20 bits per heavy atom. The van der Waals surface area contributed by atoms with Gasteiger partial charge in [-0.25, -0.2) is 0 Å². The minimum atomic E-state index is 0.0369. The van der Waals surface area contributed by atoms with Gasteiger partial charge in [-0.15, -0.1) is 0 Å². The van der Waals surface area contributed by atoms with E-state index < -0.39 is 0 Å². The Balaban J connectivity index is 2.22. The quantitative estimate of drug-likeness (QED) is 0.864. The van der Waals surface area contributed by atoms with E-state index in [4.69, 9.17) is 10.5 Å². The molecule has 1 saturated heterocycles. The summed E-state index contributed by atoms with van der Waals surface area (Å²) in [6.45, 7) is 6.30. The van der Waals surface area contributed by atoms with Crippen molar-refractivity contribution in [2.45, 2.75) is 33.1 Å². The molecule has 1 aromatic carbocycles. The highest BCUT2D eigenvalue weighted by atomic mass is 16.5. The summed E-state index contributed by atoms with van der Waals surface area (Å²) in [5.74, 6) is 1.26. The average molecular weight is 276 g/mol. The molecule has 20 heavy (non-hydrogen) atoms. The van der Waals surface area contributed by atoms with Crippen LogP contribution in [0.1, 0.15) is 43.5 Å². The molecule has 110 valence electrons. The van der Waals surface area contributed by atoms with Gasteiger partial charge in [0, 0.05) is 13.1 Å². The van der Waals surface area contributed by atoms with Crippen molar-refractivity contribution in [3.63, 3.8) is 0 Å². The lowest BCUT2D eigenvalue weighted by Gasteiger charge is -2.22. The van der Waals surface area contributed by atoms with E-state index in [9.17, 15) is 4.79 Å². The van der Waals surface area contributed by atoms with Crippen molar-refractivity contribution in [1.82, 2.24) is 4.90 Å². The first-order valence-electron chi connectivity index (χ1n) is 7.44. The molecule has 2 rings (SSSR count). The fourth-order valence-corrected chi connectivity index (χ4v) is 2.67. The van der Waals surface area contributed by atoms with Crippen LogP contribution >= 0.6 is 0 Å². The highest BCUT2D eigenvalue weighted by Gasteiger charge is 2.23. The van der Waals surface area contributed by atoms with Gasteiger partial charge in [-0.2, -0.15) is 0 Å². The molecule has 0 bridgehead atoms. The molecule has 0 radical (unpaired) electrons. The van der Waals surface area contributed by atoms with E-state index >= 15 is 0 Å². The van der Waals surface area contributed by atoms with Crippen molar-refractivity contribution in [3.05, 3.63) is 23.8 Å². The molecule has 1 amide bonds. The number of carbonyl (C=O) groups is 1. The van der Waals surface area contributed by atoms with E-state index in [-0.39, 0.29) is 5.91 Å². The highest BCUT2D eigenvalue weighted by Crippen LogP contribution is 2.28. The van der Waals surface area contributed by atoms with Crippen LogP contribution in [0.15, 0.2) is 18.2 Å². The number of nitrogen functional groups attached to an aromatic ring is 1. The van der Waals surface area contributed by atoms with Crippen molar-refractivity contribution in [3.8, 4) is 5.75 Å². The molecule has 1 aliphatic rings. The molecule has 2 N–H and O–H groups in total. The largest absolute Gasteiger partial charge is 0.491 e. The molecule has 0 aliphatic carbocycles. The summed E-state index contributed by atoms with van der Waals surface area (Å²) >= 11 is 0. The molecular weight excluding hydrogens is 252 g/mol. The van der Waals surface area contributed by atoms with Crippen LogP contribution in [0.2, 0.25) is 0 Å². The van der Waals surface area contributed by atoms with Gasteiger partial charge in [0.15, 0.2) is 5.75 Å². The summed E-state index contributed by atoms with van der Waals surface area (Å²) in [6.07, 6.45) is 3.33. The van der Waals surface area contributed by atoms with E-state index in [1.54, 1.807) is 12.1 Å². The molecule has 0 aromatic heterocycles. The molecule has 0 spiro atoms. The Kier molecular flexibility index (Phi) is 4.88. The number of anilines is 1. The Morgan fingerprint density at radius 1 is 1.40 bits per heavy atom. The van der Waals surface area contributed by atoms with Gasteiger partial charge >= 0.3 is 0 Å². The van der Waals surface area contributed by atoms with Gasteiger partial charge < -0.3 is 15.4 Å². The number of ether oxygens (including phenoxy) is 1. The van der Waals surface area contributed by atoms with Crippen molar-refractivity contribution in [2.75, 3.05) is 25.4 Å². The standard InChI is InChI=1S/C16H24N2O2/c1-3-20-15-13(7-4-8-14(15)17)16(19)18-10-5-6-12(2)9-11-18/h4,7-8,12H,3,5-6,9-11,17H2,1-2H3. The predicted octanol–water partition coefficient (Wildman–Crippen LogP) is 2.93. The fraction of sp³-hybridized carbons (Fsp3) is 0.562. The molecular formula is C16H24N2O2. The maximum Gasteiger partial charge on any atom is 0.257 e. The van der Waals surface area contributed by atoms with Gasteiger partial charge in [0.2, 0.25) is 0 Å². The maximum absolute atomic E-state index is 12.7. The third-order valence-electron chi connectivity index (χ3n) is 3.87. The van der Waals surface area contributed by atoms with Gasteiger partial charge in [0.25, 0.3) is 5.91 Å². The van der Waals surface area contributed by atoms with E-state index in [0.717, 1.165) is 25.9 Å². The predicted molar refractivity (Wildman–Crippen MR) is 80.9 cm³/mol. The molecule has 1 heterocycles. The van der Waals surface area contributed by atoms with Crippen LogP contribution in [-0.2, 0) is 0 Å². The number of para-hydroxylation sites is 1. The topological polar surface area (TPSA) is 55.6 Å². The number of hydrogen-bond acceptors (Lipinski definition) is 3. The van der Waals surface area contributed by atoms with Gasteiger partial charge in [0.05, 0.1) is 17.9 Å². The molecule has 1 aromatic rings. The fourth-order valence-electron chi connectivity index (χ4n) is 2.67. The van der Waals surface area contributed by atoms with Crippen LogP contribution in [0.4, 0.5) is 5.69 Å². The number of benzene rings is 1. The summed E-state index contributed by atoms with van der Waals surface area (Å²) in [5, 5.41) is 0.